The van der Waals surface area contributed by atoms with Gasteiger partial charge in [-0.05, 0) is 0 Å². The molecule has 2 aromatic carbocycles. The van der Waals surface area contributed by atoms with Gasteiger partial charge in [0, 0.05) is 0 Å². The van der Waals surface area contributed by atoms with E-state index in [0.29, 0.717) is 0 Å². The van der Waals surface area contributed by atoms with Gasteiger partial charge in [-0.15, -0.1) is 55.7 Å². The van der Waals surface area contributed by atoms with Crippen LogP contribution in [0.2, 0.25) is 0 Å². The molecule has 0 saturated heterocycles. The van der Waals surface area contributed by atoms with Crippen molar-refractivity contribution in [3.63, 3.8) is 0 Å². The van der Waals surface area contributed by atoms with Crippen LogP contribution in [0, 0.1) is 29.4 Å². The largest absolute Gasteiger partial charge is 3.00 e. The van der Waals surface area contributed by atoms with Gasteiger partial charge in [0.2, 0.25) is 0 Å². The Labute approximate surface area is 229 Å². The zero-order valence-corrected chi connectivity index (χ0v) is 25.3. The van der Waals surface area contributed by atoms with Crippen LogP contribution in [0.5, 0.6) is 0 Å². The number of allylic oxidation sites excluding steroid dienone is 8. The topological polar surface area (TPSA) is 0 Å². The van der Waals surface area contributed by atoms with Crippen LogP contribution >= 0.6 is 0 Å². The van der Waals surface area contributed by atoms with E-state index in [1.165, 1.54) is 44.6 Å². The predicted molar refractivity (Wildman–Crippen MR) is 145 cm³/mol. The summed E-state index contributed by atoms with van der Waals surface area (Å²) in [6, 6.07) is 20.7. The maximum atomic E-state index is 3.44. The van der Waals surface area contributed by atoms with Gasteiger partial charge in [0.05, 0.1) is 0 Å². The number of rotatable bonds is 2. The van der Waals surface area contributed by atoms with Crippen LogP contribution in [-0.2, 0) is 26.2 Å². The molecule has 2 aliphatic rings. The van der Waals surface area contributed by atoms with Crippen LogP contribution in [0.4, 0.5) is 0 Å². The van der Waals surface area contributed by atoms with E-state index in [0.717, 1.165) is 0 Å². The third-order valence-electron chi connectivity index (χ3n) is 7.06. The SMILES string of the molecule is CC1=[C-]C(C)(C)C(C)=C1C.CC1=[C-]C(C)(C)C(C)=C1C.[Zr+3].c1ccc([CH-]c2ccccc2)cc1. The maximum Gasteiger partial charge on any atom is 3.00 e. The van der Waals surface area contributed by atoms with Gasteiger partial charge in [-0.25, -0.2) is 11.1 Å². The molecule has 2 aromatic rings. The van der Waals surface area contributed by atoms with Crippen molar-refractivity contribution in [2.45, 2.75) is 69.2 Å². The second-order valence-electron chi connectivity index (χ2n) is 10.2. The first-order chi connectivity index (χ1) is 15.3. The van der Waals surface area contributed by atoms with Crippen LogP contribution in [0.3, 0.4) is 0 Å². The molecule has 1 radical (unpaired) electrons. The van der Waals surface area contributed by atoms with Crippen molar-refractivity contribution in [2.75, 3.05) is 0 Å². The van der Waals surface area contributed by atoms with Gasteiger partial charge in [-0.1, -0.05) is 103 Å². The first-order valence-corrected chi connectivity index (χ1v) is 11.9. The summed E-state index contributed by atoms with van der Waals surface area (Å²) < 4.78 is 0. The van der Waals surface area contributed by atoms with Gasteiger partial charge in [-0.2, -0.15) is 22.3 Å². The van der Waals surface area contributed by atoms with Gasteiger partial charge in [0.15, 0.2) is 0 Å². The van der Waals surface area contributed by atoms with Crippen LogP contribution in [-0.4, -0.2) is 0 Å². The number of hydrogen-bond acceptors (Lipinski definition) is 0. The van der Waals surface area contributed by atoms with Crippen LogP contribution in [0.1, 0.15) is 80.4 Å². The van der Waals surface area contributed by atoms with E-state index < -0.39 is 0 Å². The van der Waals surface area contributed by atoms with Crippen molar-refractivity contribution in [3.05, 3.63) is 124 Å². The van der Waals surface area contributed by atoms with Crippen molar-refractivity contribution >= 4 is 0 Å². The first-order valence-electron chi connectivity index (χ1n) is 11.9. The van der Waals surface area contributed by atoms with E-state index in [1.807, 2.05) is 12.1 Å². The van der Waals surface area contributed by atoms with E-state index in [-0.39, 0.29) is 37.0 Å². The van der Waals surface area contributed by atoms with E-state index in [4.69, 9.17) is 0 Å². The van der Waals surface area contributed by atoms with Gasteiger partial charge in [-0.3, -0.25) is 12.2 Å². The summed E-state index contributed by atoms with van der Waals surface area (Å²) in [6.45, 7) is 21.8. The molecule has 2 aliphatic carbocycles. The molecular weight excluding hydrogens is 488 g/mol. The van der Waals surface area contributed by atoms with E-state index >= 15 is 0 Å². The van der Waals surface area contributed by atoms with Crippen LogP contribution in [0.25, 0.3) is 0 Å². The van der Waals surface area contributed by atoms with E-state index in [2.05, 4.69) is 136 Å². The zero-order chi connectivity index (χ0) is 24.8. The third kappa shape index (κ3) is 8.13. The Morgan fingerprint density at radius 3 is 1.00 bits per heavy atom. The molecule has 4 rings (SSSR count). The van der Waals surface area contributed by atoms with Crippen molar-refractivity contribution in [3.8, 4) is 0 Å². The Balaban J connectivity index is 0.000000255. The van der Waals surface area contributed by atoms with Gasteiger partial charge in [0.25, 0.3) is 0 Å². The van der Waals surface area contributed by atoms with Gasteiger partial charge >= 0.3 is 26.2 Å². The van der Waals surface area contributed by atoms with Gasteiger partial charge < -0.3 is 0 Å². The van der Waals surface area contributed by atoms with E-state index in [9.17, 15) is 0 Å². The predicted octanol–water partition coefficient (Wildman–Crippen LogP) is 9.51. The minimum absolute atomic E-state index is 0. The van der Waals surface area contributed by atoms with Crippen molar-refractivity contribution in [2.24, 2.45) is 10.8 Å². The quantitative estimate of drug-likeness (QED) is 0.340. The molecule has 0 fully saturated rings. The van der Waals surface area contributed by atoms with Gasteiger partial charge in [0.1, 0.15) is 0 Å². The molecule has 0 atom stereocenters. The standard InChI is InChI=1S/C13H11.2C10H15.Zr/c1-3-7-12(8-4-1)11-13-9-5-2-6-10-13;2*1-7-6-10(4,5)9(3)8(7)2;/h1-11H;2*1-5H3;/q3*-1;+3. The summed E-state index contributed by atoms with van der Waals surface area (Å²) in [5.41, 5.74) is 11.3. The summed E-state index contributed by atoms with van der Waals surface area (Å²) in [6.07, 6.45) is 9.04. The molecule has 0 saturated carbocycles. The molecule has 0 nitrogen and oxygen atoms in total. The van der Waals surface area contributed by atoms with E-state index in [1.54, 1.807) is 0 Å². The maximum absolute atomic E-state index is 3.44. The number of benzene rings is 2. The smallest absolute Gasteiger partial charge is 0.263 e. The molecule has 1 heteroatoms. The fraction of sp³-hybridized carbons (Fsp3) is 0.364. The van der Waals surface area contributed by atoms with Crippen molar-refractivity contribution in [1.29, 1.82) is 0 Å². The molecular formula is C33H41Zr. The Bertz CT molecular complexity index is 971. The summed E-state index contributed by atoms with van der Waals surface area (Å²) in [7, 11) is 0. The van der Waals surface area contributed by atoms with Crippen molar-refractivity contribution in [1.82, 2.24) is 0 Å². The van der Waals surface area contributed by atoms with Crippen LogP contribution in [0.15, 0.2) is 94.1 Å². The third-order valence-corrected chi connectivity index (χ3v) is 7.06. The molecule has 0 aromatic heterocycles. The molecule has 0 amide bonds. The monoisotopic (exact) mass is 527 g/mol. The Morgan fingerprint density at radius 2 is 0.824 bits per heavy atom. The molecule has 0 aliphatic heterocycles. The number of hydrogen-bond donors (Lipinski definition) is 0. The molecule has 177 valence electrons. The fourth-order valence-corrected chi connectivity index (χ4v) is 4.10. The average molecular weight is 529 g/mol. The minimum atomic E-state index is 0. The summed E-state index contributed by atoms with van der Waals surface area (Å²) in [5, 5.41) is 0. The Hall–Kier alpha value is -1.85. The summed E-state index contributed by atoms with van der Waals surface area (Å²) >= 11 is 0. The Kier molecular flexibility index (Phi) is 11.3. The molecule has 34 heavy (non-hydrogen) atoms. The molecule has 0 heterocycles. The fourth-order valence-electron chi connectivity index (χ4n) is 4.10. The molecule has 0 unspecified atom stereocenters. The minimum Gasteiger partial charge on any atom is -0.263 e. The molecule has 0 spiro atoms. The van der Waals surface area contributed by atoms with Crippen molar-refractivity contribution < 1.29 is 26.2 Å². The van der Waals surface area contributed by atoms with Crippen LogP contribution < -0.4 is 0 Å². The molecule has 0 N–H and O–H groups in total. The summed E-state index contributed by atoms with van der Waals surface area (Å²) in [5.74, 6) is 0. The normalized spacial score (nSPS) is 17.5. The average Bonchev–Trinajstić information content (AvgIpc) is 3.06. The second kappa shape index (κ2) is 12.7. The zero-order valence-electron chi connectivity index (χ0n) is 22.9. The Morgan fingerprint density at radius 1 is 0.529 bits per heavy atom. The first kappa shape index (κ1) is 30.2. The summed E-state index contributed by atoms with van der Waals surface area (Å²) in [4.78, 5) is 0. The molecule has 0 bridgehead atoms. The second-order valence-corrected chi connectivity index (χ2v) is 10.2.